The minimum atomic E-state index is -0.132. The van der Waals surface area contributed by atoms with E-state index in [-0.39, 0.29) is 5.91 Å². The second-order valence-corrected chi connectivity index (χ2v) is 5.53. The molecule has 2 aromatic rings. The van der Waals surface area contributed by atoms with Crippen LogP contribution in [0.4, 0.5) is 5.69 Å². The van der Waals surface area contributed by atoms with Gasteiger partial charge in [0.1, 0.15) is 0 Å². The zero-order valence-electron chi connectivity index (χ0n) is 12.5. The fourth-order valence-electron chi connectivity index (χ4n) is 2.02. The number of benzene rings is 1. The molecule has 0 atom stereocenters. The molecule has 0 saturated carbocycles. The third-order valence-electron chi connectivity index (χ3n) is 3.22. The van der Waals surface area contributed by atoms with Crippen molar-refractivity contribution in [1.29, 1.82) is 0 Å². The van der Waals surface area contributed by atoms with Crippen molar-refractivity contribution in [2.45, 2.75) is 26.7 Å². The molecule has 1 aromatic carbocycles. The Labute approximate surface area is 125 Å². The van der Waals surface area contributed by atoms with E-state index >= 15 is 0 Å². The van der Waals surface area contributed by atoms with E-state index in [2.05, 4.69) is 24.3 Å². The molecular weight excluding hydrogens is 264 g/mol. The Balaban J connectivity index is 1.93. The van der Waals surface area contributed by atoms with Crippen LogP contribution in [-0.2, 0) is 0 Å². The van der Waals surface area contributed by atoms with Gasteiger partial charge in [-0.2, -0.15) is 5.10 Å². The van der Waals surface area contributed by atoms with Gasteiger partial charge in [0, 0.05) is 18.4 Å². The van der Waals surface area contributed by atoms with Crippen LogP contribution in [0.15, 0.2) is 36.5 Å². The van der Waals surface area contributed by atoms with Gasteiger partial charge in [-0.3, -0.25) is 4.79 Å². The summed E-state index contributed by atoms with van der Waals surface area (Å²) in [7, 11) is 0. The summed E-state index contributed by atoms with van der Waals surface area (Å²) < 4.78 is 1.67. The molecule has 112 valence electrons. The molecule has 2 rings (SSSR count). The van der Waals surface area contributed by atoms with E-state index in [1.54, 1.807) is 16.9 Å². The molecule has 1 amide bonds. The molecule has 21 heavy (non-hydrogen) atoms. The lowest BCUT2D eigenvalue weighted by Crippen LogP contribution is -2.25. The number of nitrogens with one attached hydrogen (secondary N) is 1. The minimum Gasteiger partial charge on any atom is -0.399 e. The quantitative estimate of drug-likeness (QED) is 0.633. The predicted molar refractivity (Wildman–Crippen MR) is 84.4 cm³/mol. The van der Waals surface area contributed by atoms with Gasteiger partial charge in [-0.05, 0) is 49.1 Å². The average Bonchev–Trinajstić information content (AvgIpc) is 2.94. The average molecular weight is 286 g/mol. The number of aromatic nitrogens is 2. The van der Waals surface area contributed by atoms with Gasteiger partial charge in [-0.15, -0.1) is 0 Å². The van der Waals surface area contributed by atoms with Crippen LogP contribution >= 0.6 is 0 Å². The van der Waals surface area contributed by atoms with Gasteiger partial charge in [0.2, 0.25) is 0 Å². The first-order chi connectivity index (χ1) is 10.1. The molecule has 0 fully saturated rings. The Morgan fingerprint density at radius 2 is 2.00 bits per heavy atom. The summed E-state index contributed by atoms with van der Waals surface area (Å²) in [5.74, 6) is 0.527. The lowest BCUT2D eigenvalue weighted by Gasteiger charge is -2.05. The van der Waals surface area contributed by atoms with Crippen molar-refractivity contribution in [3.8, 4) is 5.69 Å². The zero-order valence-corrected chi connectivity index (χ0v) is 12.5. The highest BCUT2D eigenvalue weighted by molar-refractivity contribution is 5.92. The molecule has 0 spiro atoms. The van der Waals surface area contributed by atoms with Crippen LogP contribution in [0.3, 0.4) is 0 Å². The topological polar surface area (TPSA) is 72.9 Å². The lowest BCUT2D eigenvalue weighted by atomic mass is 10.1. The number of nitrogen functional groups attached to an aromatic ring is 1. The van der Waals surface area contributed by atoms with Crippen molar-refractivity contribution in [3.05, 3.63) is 42.2 Å². The molecule has 1 heterocycles. The first kappa shape index (κ1) is 15.1. The maximum atomic E-state index is 12.0. The summed E-state index contributed by atoms with van der Waals surface area (Å²) in [6, 6.07) is 9.07. The molecule has 5 heteroatoms. The molecule has 5 nitrogen and oxygen atoms in total. The van der Waals surface area contributed by atoms with Crippen LogP contribution in [0.5, 0.6) is 0 Å². The fraction of sp³-hybridized carbons (Fsp3) is 0.375. The summed E-state index contributed by atoms with van der Waals surface area (Å²) in [5.41, 5.74) is 7.66. The maximum absolute atomic E-state index is 12.0. The summed E-state index contributed by atoms with van der Waals surface area (Å²) in [6.07, 6.45) is 3.87. The molecule has 0 saturated heterocycles. The van der Waals surface area contributed by atoms with Crippen LogP contribution in [0.2, 0.25) is 0 Å². The number of hydrogen-bond acceptors (Lipinski definition) is 3. The number of carbonyl (C=O) groups is 1. The number of hydrogen-bond donors (Lipinski definition) is 2. The van der Waals surface area contributed by atoms with Crippen LogP contribution in [0.1, 0.15) is 37.2 Å². The highest BCUT2D eigenvalue weighted by Gasteiger charge is 2.09. The van der Waals surface area contributed by atoms with Crippen LogP contribution in [0, 0.1) is 5.92 Å². The molecule has 0 radical (unpaired) electrons. The van der Waals surface area contributed by atoms with E-state index in [0.717, 1.165) is 18.5 Å². The molecule has 0 aliphatic heterocycles. The Hall–Kier alpha value is -2.30. The van der Waals surface area contributed by atoms with Gasteiger partial charge in [0.05, 0.1) is 5.69 Å². The second kappa shape index (κ2) is 6.92. The minimum absolute atomic E-state index is 0.132. The highest BCUT2D eigenvalue weighted by Crippen LogP contribution is 2.10. The number of carbonyl (C=O) groups excluding carboxylic acids is 1. The standard InChI is InChI=1S/C16H22N4O/c1-12(2)4-3-10-18-16(21)15-9-11-20(19-15)14-7-5-13(17)6-8-14/h5-9,11-12H,3-4,10,17H2,1-2H3,(H,18,21). The number of anilines is 1. The molecule has 0 aliphatic carbocycles. The second-order valence-electron chi connectivity index (χ2n) is 5.53. The number of nitrogens with two attached hydrogens (primary N) is 1. The predicted octanol–water partition coefficient (Wildman–Crippen LogP) is 2.62. The van der Waals surface area contributed by atoms with Crippen molar-refractivity contribution in [2.75, 3.05) is 12.3 Å². The van der Waals surface area contributed by atoms with E-state index in [1.807, 2.05) is 24.3 Å². The van der Waals surface area contributed by atoms with Gasteiger partial charge in [0.15, 0.2) is 5.69 Å². The smallest absolute Gasteiger partial charge is 0.271 e. The largest absolute Gasteiger partial charge is 0.399 e. The summed E-state index contributed by atoms with van der Waals surface area (Å²) >= 11 is 0. The van der Waals surface area contributed by atoms with Crippen LogP contribution in [0.25, 0.3) is 5.69 Å². The monoisotopic (exact) mass is 286 g/mol. The van der Waals surface area contributed by atoms with Gasteiger partial charge in [-0.1, -0.05) is 13.8 Å². The Kier molecular flexibility index (Phi) is 4.98. The number of nitrogens with zero attached hydrogens (tertiary/aromatic N) is 2. The van der Waals surface area contributed by atoms with Gasteiger partial charge in [-0.25, -0.2) is 4.68 Å². The van der Waals surface area contributed by atoms with E-state index < -0.39 is 0 Å². The van der Waals surface area contributed by atoms with Crippen molar-refractivity contribution in [1.82, 2.24) is 15.1 Å². The highest BCUT2D eigenvalue weighted by atomic mass is 16.1. The number of amides is 1. The van der Waals surface area contributed by atoms with Gasteiger partial charge in [0.25, 0.3) is 5.91 Å². The summed E-state index contributed by atoms with van der Waals surface area (Å²) in [6.45, 7) is 5.04. The molecular formula is C16H22N4O. The van der Waals surface area contributed by atoms with Gasteiger partial charge >= 0.3 is 0 Å². The SMILES string of the molecule is CC(C)CCCNC(=O)c1ccn(-c2ccc(N)cc2)n1. The van der Waals surface area contributed by atoms with Crippen molar-refractivity contribution >= 4 is 11.6 Å². The summed E-state index contributed by atoms with van der Waals surface area (Å²) in [4.78, 5) is 12.0. The van der Waals surface area contributed by atoms with Crippen molar-refractivity contribution in [2.24, 2.45) is 5.92 Å². The Morgan fingerprint density at radius 3 is 2.67 bits per heavy atom. The maximum Gasteiger partial charge on any atom is 0.271 e. The van der Waals surface area contributed by atoms with E-state index in [4.69, 9.17) is 5.73 Å². The molecule has 0 bridgehead atoms. The zero-order chi connectivity index (χ0) is 15.2. The van der Waals surface area contributed by atoms with Gasteiger partial charge < -0.3 is 11.1 Å². The summed E-state index contributed by atoms with van der Waals surface area (Å²) in [5, 5.41) is 7.18. The first-order valence-corrected chi connectivity index (χ1v) is 7.26. The molecule has 0 aliphatic rings. The van der Waals surface area contributed by atoms with Crippen LogP contribution in [-0.4, -0.2) is 22.2 Å². The third-order valence-corrected chi connectivity index (χ3v) is 3.22. The third kappa shape index (κ3) is 4.34. The number of rotatable bonds is 6. The molecule has 3 N–H and O–H groups in total. The molecule has 1 aromatic heterocycles. The van der Waals surface area contributed by atoms with Crippen molar-refractivity contribution in [3.63, 3.8) is 0 Å². The van der Waals surface area contributed by atoms with E-state index in [0.29, 0.717) is 23.8 Å². The Morgan fingerprint density at radius 1 is 1.29 bits per heavy atom. The normalized spacial score (nSPS) is 10.8. The van der Waals surface area contributed by atoms with E-state index in [9.17, 15) is 4.79 Å². The first-order valence-electron chi connectivity index (χ1n) is 7.26. The van der Waals surface area contributed by atoms with Crippen LogP contribution < -0.4 is 11.1 Å². The lowest BCUT2D eigenvalue weighted by molar-refractivity contribution is 0.0947. The van der Waals surface area contributed by atoms with E-state index in [1.165, 1.54) is 0 Å². The fourth-order valence-corrected chi connectivity index (χ4v) is 2.02. The Bertz CT molecular complexity index is 587. The van der Waals surface area contributed by atoms with Crippen molar-refractivity contribution < 1.29 is 4.79 Å². The molecule has 0 unspecified atom stereocenters.